The zero-order valence-electron chi connectivity index (χ0n) is 25.5. The summed E-state index contributed by atoms with van der Waals surface area (Å²) >= 11 is 0. The predicted molar refractivity (Wildman–Crippen MR) is 156 cm³/mol. The first-order chi connectivity index (χ1) is 19.2. The molecule has 4 atom stereocenters. The average molecular weight is 562 g/mol. The van der Waals surface area contributed by atoms with Crippen molar-refractivity contribution in [1.82, 2.24) is 14.7 Å². The molecule has 0 aromatic heterocycles. The van der Waals surface area contributed by atoms with Gasteiger partial charge in [0, 0.05) is 31.6 Å². The van der Waals surface area contributed by atoms with E-state index < -0.39 is 11.9 Å². The Bertz CT molecular complexity index is 971. The zero-order valence-corrected chi connectivity index (χ0v) is 25.5. The summed E-state index contributed by atoms with van der Waals surface area (Å²) in [6.45, 7) is 9.82. The minimum Gasteiger partial charge on any atom is -0.493 e. The Balaban J connectivity index is 1.87. The third-order valence-corrected chi connectivity index (χ3v) is 8.32. The number of likely N-dealkylation sites (tertiary alicyclic amines) is 1. The van der Waals surface area contributed by atoms with Crippen LogP contribution < -0.4 is 14.2 Å². The molecule has 0 aliphatic carbocycles. The lowest BCUT2D eigenvalue weighted by molar-refractivity contribution is -0.144. The van der Waals surface area contributed by atoms with Crippen LogP contribution in [0.5, 0.6) is 17.2 Å². The van der Waals surface area contributed by atoms with Crippen LogP contribution >= 0.6 is 0 Å². The van der Waals surface area contributed by atoms with Crippen molar-refractivity contribution < 1.29 is 28.9 Å². The Labute approximate surface area is 240 Å². The Kier molecular flexibility index (Phi) is 12.4. The third kappa shape index (κ3) is 8.26. The Morgan fingerprint density at radius 1 is 1.10 bits per heavy atom. The van der Waals surface area contributed by atoms with Crippen LogP contribution in [-0.4, -0.2) is 98.4 Å². The van der Waals surface area contributed by atoms with Crippen molar-refractivity contribution in [2.24, 2.45) is 11.8 Å². The van der Waals surface area contributed by atoms with Gasteiger partial charge in [-0.05, 0) is 69.9 Å². The first-order valence-electron chi connectivity index (χ1n) is 15.1. The molecule has 226 valence electrons. The molecule has 0 bridgehead atoms. The van der Waals surface area contributed by atoms with E-state index in [1.54, 1.807) is 7.11 Å². The molecule has 3 rings (SSSR count). The fourth-order valence-electron chi connectivity index (χ4n) is 6.23. The predicted octanol–water partition coefficient (Wildman–Crippen LogP) is 4.69. The van der Waals surface area contributed by atoms with Crippen molar-refractivity contribution in [3.8, 4) is 17.2 Å². The van der Waals surface area contributed by atoms with Crippen molar-refractivity contribution in [2.45, 2.75) is 77.7 Å². The van der Waals surface area contributed by atoms with Crippen molar-refractivity contribution in [3.05, 3.63) is 17.7 Å². The number of carboxylic acid groups (broad SMARTS) is 1. The molecule has 9 nitrogen and oxygen atoms in total. The van der Waals surface area contributed by atoms with E-state index in [4.69, 9.17) is 14.2 Å². The van der Waals surface area contributed by atoms with Gasteiger partial charge in [0.25, 0.3) is 0 Å². The monoisotopic (exact) mass is 561 g/mol. The lowest BCUT2D eigenvalue weighted by atomic mass is 9.81. The molecule has 0 saturated carbocycles. The van der Waals surface area contributed by atoms with Gasteiger partial charge in [0.1, 0.15) is 0 Å². The molecule has 1 amide bonds. The van der Waals surface area contributed by atoms with Gasteiger partial charge in [0.15, 0.2) is 11.5 Å². The lowest BCUT2D eigenvalue weighted by Crippen LogP contribution is -2.45. The number of unbranched alkanes of at least 4 members (excludes halogenated alkanes) is 2. The highest BCUT2D eigenvalue weighted by Gasteiger charge is 2.48. The number of carbonyl (C=O) groups is 2. The van der Waals surface area contributed by atoms with Gasteiger partial charge in [-0.15, -0.1) is 0 Å². The van der Waals surface area contributed by atoms with Crippen LogP contribution in [0.3, 0.4) is 0 Å². The Hall–Kier alpha value is -2.52. The maximum atomic E-state index is 13.7. The van der Waals surface area contributed by atoms with Crippen molar-refractivity contribution in [3.63, 3.8) is 0 Å². The molecule has 40 heavy (non-hydrogen) atoms. The largest absolute Gasteiger partial charge is 0.493 e. The van der Waals surface area contributed by atoms with Gasteiger partial charge < -0.3 is 29.1 Å². The summed E-state index contributed by atoms with van der Waals surface area (Å²) < 4.78 is 16.8. The van der Waals surface area contributed by atoms with Gasteiger partial charge in [-0.1, -0.05) is 40.0 Å². The minimum atomic E-state index is -0.822. The SMILES string of the molecule is CCCCN(CCCCN(C)C)C(=O)CN1CC(c2cc(OC)c3c(c2)OCO3)C(C(=O)O)C1CC(C)CCC. The number of fused-ring (bicyclic) bond motifs is 1. The fraction of sp³-hybridized carbons (Fsp3) is 0.742. The number of nitrogens with zero attached hydrogens (tertiary/aromatic N) is 3. The minimum absolute atomic E-state index is 0.0968. The quantitative estimate of drug-likeness (QED) is 0.274. The number of benzene rings is 1. The van der Waals surface area contributed by atoms with Crippen LogP contribution in [0.15, 0.2) is 12.1 Å². The highest BCUT2D eigenvalue weighted by molar-refractivity contribution is 5.79. The van der Waals surface area contributed by atoms with E-state index in [1.165, 1.54) is 0 Å². The van der Waals surface area contributed by atoms with Gasteiger partial charge in [-0.3, -0.25) is 14.5 Å². The van der Waals surface area contributed by atoms with E-state index in [0.29, 0.717) is 29.7 Å². The van der Waals surface area contributed by atoms with Crippen LogP contribution in [0.4, 0.5) is 0 Å². The van der Waals surface area contributed by atoms with E-state index in [0.717, 1.165) is 70.1 Å². The standard InChI is InChI=1S/C31H51N3O6/c1-7-9-14-33(15-11-10-13-32(4)5)28(35)20-34-19-24(29(31(36)37)25(34)16-22(3)12-8-2)23-17-26(38-6)30-27(18-23)39-21-40-30/h17-18,22,24-25,29H,7-16,19-21H2,1-6H3,(H,36,37). The first-order valence-corrected chi connectivity index (χ1v) is 15.1. The molecule has 2 aliphatic heterocycles. The summed E-state index contributed by atoms with van der Waals surface area (Å²) in [5.41, 5.74) is 0.850. The number of carbonyl (C=O) groups excluding carboxylic acids is 1. The summed E-state index contributed by atoms with van der Waals surface area (Å²) in [6.07, 6.45) is 6.81. The summed E-state index contributed by atoms with van der Waals surface area (Å²) in [5.74, 6) is 0.378. The second-order valence-electron chi connectivity index (χ2n) is 11.8. The van der Waals surface area contributed by atoms with E-state index in [2.05, 4.69) is 44.7 Å². The van der Waals surface area contributed by atoms with Crippen molar-refractivity contribution in [1.29, 1.82) is 0 Å². The fourth-order valence-corrected chi connectivity index (χ4v) is 6.23. The van der Waals surface area contributed by atoms with E-state index in [1.807, 2.05) is 17.0 Å². The van der Waals surface area contributed by atoms with Crippen LogP contribution in [-0.2, 0) is 9.59 Å². The smallest absolute Gasteiger partial charge is 0.308 e. The highest BCUT2D eigenvalue weighted by Crippen LogP contribution is 2.47. The number of carboxylic acids is 1. The molecule has 1 saturated heterocycles. The number of aliphatic carboxylic acids is 1. The Morgan fingerprint density at radius 2 is 1.82 bits per heavy atom. The van der Waals surface area contributed by atoms with E-state index in [9.17, 15) is 14.7 Å². The zero-order chi connectivity index (χ0) is 29.2. The van der Waals surface area contributed by atoms with Gasteiger partial charge in [-0.2, -0.15) is 0 Å². The van der Waals surface area contributed by atoms with Gasteiger partial charge in [0.05, 0.1) is 19.6 Å². The number of rotatable bonds is 17. The second kappa shape index (κ2) is 15.5. The molecule has 0 radical (unpaired) electrons. The summed E-state index contributed by atoms with van der Waals surface area (Å²) in [5, 5.41) is 10.5. The van der Waals surface area contributed by atoms with E-state index in [-0.39, 0.29) is 31.2 Å². The molecule has 2 heterocycles. The molecule has 1 fully saturated rings. The molecular weight excluding hydrogens is 510 g/mol. The molecule has 4 unspecified atom stereocenters. The van der Waals surface area contributed by atoms with Crippen molar-refractivity contribution in [2.75, 3.05) is 60.7 Å². The summed E-state index contributed by atoms with van der Waals surface area (Å²) in [7, 11) is 5.71. The van der Waals surface area contributed by atoms with Crippen LogP contribution in [0, 0.1) is 11.8 Å². The van der Waals surface area contributed by atoms with Gasteiger partial charge >= 0.3 is 5.97 Å². The first kappa shape index (κ1) is 32.0. The van der Waals surface area contributed by atoms with Crippen molar-refractivity contribution >= 4 is 11.9 Å². The van der Waals surface area contributed by atoms with Gasteiger partial charge in [-0.25, -0.2) is 0 Å². The molecule has 1 aromatic rings. The number of hydrogen-bond donors (Lipinski definition) is 1. The molecule has 0 spiro atoms. The Morgan fingerprint density at radius 3 is 2.48 bits per heavy atom. The maximum absolute atomic E-state index is 13.7. The number of methoxy groups -OCH3 is 1. The van der Waals surface area contributed by atoms with Crippen LogP contribution in [0.1, 0.15) is 77.2 Å². The highest BCUT2D eigenvalue weighted by atomic mass is 16.7. The molecular formula is C31H51N3O6. The van der Waals surface area contributed by atoms with E-state index >= 15 is 0 Å². The third-order valence-electron chi connectivity index (χ3n) is 8.32. The topological polar surface area (TPSA) is 91.8 Å². The van der Waals surface area contributed by atoms with Crippen LogP contribution in [0.25, 0.3) is 0 Å². The maximum Gasteiger partial charge on any atom is 0.308 e. The normalized spacial score (nSPS) is 21.1. The van der Waals surface area contributed by atoms with Crippen LogP contribution in [0.2, 0.25) is 0 Å². The summed E-state index contributed by atoms with van der Waals surface area (Å²) in [4.78, 5) is 32.9. The molecule has 2 aliphatic rings. The average Bonchev–Trinajstić information content (AvgIpc) is 3.52. The number of amides is 1. The molecule has 1 N–H and O–H groups in total. The number of hydrogen-bond acceptors (Lipinski definition) is 7. The summed E-state index contributed by atoms with van der Waals surface area (Å²) in [6, 6.07) is 3.54. The molecule has 1 aromatic carbocycles. The van der Waals surface area contributed by atoms with Gasteiger partial charge in [0.2, 0.25) is 18.4 Å². The lowest BCUT2D eigenvalue weighted by Gasteiger charge is -2.31. The second-order valence-corrected chi connectivity index (χ2v) is 11.8. The number of ether oxygens (including phenoxy) is 3. The molecule has 9 heteroatoms.